The van der Waals surface area contributed by atoms with Crippen molar-refractivity contribution in [2.75, 3.05) is 22.6 Å². The van der Waals surface area contributed by atoms with Gasteiger partial charge in [-0.15, -0.1) is 0 Å². The quantitative estimate of drug-likeness (QED) is 0.588. The van der Waals surface area contributed by atoms with E-state index in [9.17, 15) is 0 Å². The van der Waals surface area contributed by atoms with E-state index in [0.717, 1.165) is 11.4 Å². The van der Waals surface area contributed by atoms with Crippen LogP contribution in [0.2, 0.25) is 0 Å². The number of nitrogens with two attached hydrogens (primary N) is 1. The monoisotopic (exact) mass is 238 g/mol. The lowest BCUT2D eigenvalue weighted by Crippen LogP contribution is -2.16. The lowest BCUT2D eigenvalue weighted by atomic mass is 10.1. The van der Waals surface area contributed by atoms with Gasteiger partial charge in [-0.3, -0.25) is 0 Å². The van der Waals surface area contributed by atoms with E-state index in [0.29, 0.717) is 6.04 Å². The summed E-state index contributed by atoms with van der Waals surface area (Å²) in [5.74, 6) is 2.41. The van der Waals surface area contributed by atoms with Crippen LogP contribution in [0.4, 0.5) is 11.4 Å². The lowest BCUT2D eigenvalue weighted by Gasteiger charge is -2.17. The van der Waals surface area contributed by atoms with Crippen molar-refractivity contribution >= 4 is 23.1 Å². The van der Waals surface area contributed by atoms with Gasteiger partial charge < -0.3 is 11.1 Å². The predicted molar refractivity (Wildman–Crippen MR) is 76.3 cm³/mol. The van der Waals surface area contributed by atoms with E-state index in [1.165, 1.54) is 23.5 Å². The molecular weight excluding hydrogens is 216 g/mol. The van der Waals surface area contributed by atoms with Crippen molar-refractivity contribution in [2.24, 2.45) is 0 Å². The van der Waals surface area contributed by atoms with Crippen molar-refractivity contribution in [2.45, 2.75) is 33.2 Å². The molecule has 0 fully saturated rings. The molecule has 0 amide bonds. The Labute approximate surface area is 103 Å². The fourth-order valence-corrected chi connectivity index (χ4v) is 2.35. The Kier molecular flexibility index (Phi) is 5.53. The van der Waals surface area contributed by atoms with Crippen LogP contribution in [-0.4, -0.2) is 17.5 Å². The van der Waals surface area contributed by atoms with Gasteiger partial charge in [0.05, 0.1) is 0 Å². The van der Waals surface area contributed by atoms with Crippen LogP contribution in [0.1, 0.15) is 25.8 Å². The molecule has 2 nitrogen and oxygen atoms in total. The van der Waals surface area contributed by atoms with E-state index in [1.807, 2.05) is 23.9 Å². The second-order valence-electron chi connectivity index (χ2n) is 4.11. The van der Waals surface area contributed by atoms with Crippen molar-refractivity contribution in [1.82, 2.24) is 0 Å². The molecule has 0 spiro atoms. The van der Waals surface area contributed by atoms with Crippen LogP contribution < -0.4 is 11.1 Å². The summed E-state index contributed by atoms with van der Waals surface area (Å²) >= 11 is 1.99. The van der Waals surface area contributed by atoms with Crippen molar-refractivity contribution in [1.29, 1.82) is 0 Å². The number of nitrogen functional groups attached to an aromatic ring is 1. The fourth-order valence-electron chi connectivity index (χ4n) is 1.54. The number of benzene rings is 1. The SMILES string of the molecule is CCSCCC(C)Nc1cc(N)ccc1C. The van der Waals surface area contributed by atoms with Crippen LogP contribution in [-0.2, 0) is 0 Å². The third-order valence-electron chi connectivity index (χ3n) is 2.56. The zero-order chi connectivity index (χ0) is 12.0. The Morgan fingerprint density at radius 2 is 2.19 bits per heavy atom. The van der Waals surface area contributed by atoms with Crippen LogP contribution >= 0.6 is 11.8 Å². The maximum absolute atomic E-state index is 5.78. The van der Waals surface area contributed by atoms with Crippen molar-refractivity contribution in [3.8, 4) is 0 Å². The molecule has 0 aliphatic rings. The number of nitrogens with one attached hydrogen (secondary N) is 1. The minimum atomic E-state index is 0.500. The second kappa shape index (κ2) is 6.69. The molecule has 1 aromatic carbocycles. The molecule has 0 saturated heterocycles. The number of hydrogen-bond donors (Lipinski definition) is 2. The van der Waals surface area contributed by atoms with E-state index >= 15 is 0 Å². The number of hydrogen-bond acceptors (Lipinski definition) is 3. The van der Waals surface area contributed by atoms with E-state index in [4.69, 9.17) is 5.73 Å². The van der Waals surface area contributed by atoms with Crippen LogP contribution in [0.25, 0.3) is 0 Å². The number of rotatable bonds is 6. The van der Waals surface area contributed by atoms with E-state index in [-0.39, 0.29) is 0 Å². The standard InChI is InChI=1S/C13H22N2S/c1-4-16-8-7-11(3)15-13-9-12(14)6-5-10(13)2/h5-6,9,11,15H,4,7-8,14H2,1-3H3. The van der Waals surface area contributed by atoms with Crippen LogP contribution in [0.5, 0.6) is 0 Å². The van der Waals surface area contributed by atoms with Gasteiger partial charge in [0, 0.05) is 17.4 Å². The molecule has 0 bridgehead atoms. The first-order valence-corrected chi connectivity index (χ1v) is 6.99. The van der Waals surface area contributed by atoms with Crippen molar-refractivity contribution in [3.63, 3.8) is 0 Å². The van der Waals surface area contributed by atoms with Crippen molar-refractivity contribution < 1.29 is 0 Å². The van der Waals surface area contributed by atoms with Gasteiger partial charge in [0.1, 0.15) is 0 Å². The highest BCUT2D eigenvalue weighted by molar-refractivity contribution is 7.99. The summed E-state index contributed by atoms with van der Waals surface area (Å²) in [4.78, 5) is 0. The molecule has 0 saturated carbocycles. The summed E-state index contributed by atoms with van der Waals surface area (Å²) in [6.07, 6.45) is 1.19. The molecule has 1 aromatic rings. The Balaban J connectivity index is 2.48. The smallest absolute Gasteiger partial charge is 0.0392 e. The van der Waals surface area contributed by atoms with Crippen LogP contribution in [0.3, 0.4) is 0 Å². The number of aryl methyl sites for hydroxylation is 1. The molecule has 0 radical (unpaired) electrons. The Morgan fingerprint density at radius 3 is 2.88 bits per heavy atom. The number of thioether (sulfide) groups is 1. The predicted octanol–water partition coefficient (Wildman–Crippen LogP) is 3.52. The Bertz CT molecular complexity index is 326. The molecule has 0 aliphatic heterocycles. The summed E-state index contributed by atoms with van der Waals surface area (Å²) in [6.45, 7) is 6.53. The topological polar surface area (TPSA) is 38.0 Å². The van der Waals surface area contributed by atoms with Crippen LogP contribution in [0, 0.1) is 6.92 Å². The van der Waals surface area contributed by atoms with Gasteiger partial charge in [-0.25, -0.2) is 0 Å². The molecule has 0 aliphatic carbocycles. The molecule has 3 N–H and O–H groups in total. The van der Waals surface area contributed by atoms with Gasteiger partial charge in [0.25, 0.3) is 0 Å². The molecule has 3 heteroatoms. The first kappa shape index (κ1) is 13.2. The second-order valence-corrected chi connectivity index (χ2v) is 5.50. The molecular formula is C13H22N2S. The van der Waals surface area contributed by atoms with Gasteiger partial charge in [-0.05, 0) is 49.5 Å². The Hall–Kier alpha value is -0.830. The van der Waals surface area contributed by atoms with Gasteiger partial charge in [0.2, 0.25) is 0 Å². The largest absolute Gasteiger partial charge is 0.399 e. The zero-order valence-corrected chi connectivity index (χ0v) is 11.2. The average molecular weight is 238 g/mol. The molecule has 16 heavy (non-hydrogen) atoms. The molecule has 1 unspecified atom stereocenters. The third kappa shape index (κ3) is 4.35. The van der Waals surface area contributed by atoms with Gasteiger partial charge in [-0.2, -0.15) is 11.8 Å². The molecule has 0 aromatic heterocycles. The van der Waals surface area contributed by atoms with Crippen LogP contribution in [0.15, 0.2) is 18.2 Å². The summed E-state index contributed by atoms with van der Waals surface area (Å²) < 4.78 is 0. The molecule has 0 heterocycles. The summed E-state index contributed by atoms with van der Waals surface area (Å²) in [7, 11) is 0. The Morgan fingerprint density at radius 1 is 1.44 bits per heavy atom. The normalized spacial score (nSPS) is 12.4. The highest BCUT2D eigenvalue weighted by atomic mass is 32.2. The van der Waals surface area contributed by atoms with Gasteiger partial charge in [0.15, 0.2) is 0 Å². The third-order valence-corrected chi connectivity index (χ3v) is 3.50. The van der Waals surface area contributed by atoms with Gasteiger partial charge in [-0.1, -0.05) is 13.0 Å². The van der Waals surface area contributed by atoms with E-state index in [1.54, 1.807) is 0 Å². The summed E-state index contributed by atoms with van der Waals surface area (Å²) in [5, 5.41) is 3.52. The number of anilines is 2. The fraction of sp³-hybridized carbons (Fsp3) is 0.538. The first-order valence-electron chi connectivity index (χ1n) is 5.84. The average Bonchev–Trinajstić information content (AvgIpc) is 2.24. The maximum atomic E-state index is 5.78. The molecule has 90 valence electrons. The van der Waals surface area contributed by atoms with Crippen molar-refractivity contribution in [3.05, 3.63) is 23.8 Å². The highest BCUT2D eigenvalue weighted by Crippen LogP contribution is 2.19. The summed E-state index contributed by atoms with van der Waals surface area (Å²) in [6, 6.07) is 6.52. The van der Waals surface area contributed by atoms with Gasteiger partial charge >= 0.3 is 0 Å². The molecule has 1 atom stereocenters. The molecule has 1 rings (SSSR count). The van der Waals surface area contributed by atoms with E-state index in [2.05, 4.69) is 32.2 Å². The minimum absolute atomic E-state index is 0.500. The summed E-state index contributed by atoms with van der Waals surface area (Å²) in [5.41, 5.74) is 9.02. The first-order chi connectivity index (χ1) is 7.63. The zero-order valence-electron chi connectivity index (χ0n) is 10.4. The lowest BCUT2D eigenvalue weighted by molar-refractivity contribution is 0.771. The maximum Gasteiger partial charge on any atom is 0.0392 e. The van der Waals surface area contributed by atoms with E-state index < -0.39 is 0 Å². The minimum Gasteiger partial charge on any atom is -0.399 e. The highest BCUT2D eigenvalue weighted by Gasteiger charge is 2.04.